The zero-order valence-electron chi connectivity index (χ0n) is 10.4. The smallest absolute Gasteiger partial charge is 0.326 e. The van der Waals surface area contributed by atoms with E-state index in [4.69, 9.17) is 5.11 Å². The highest BCUT2D eigenvalue weighted by molar-refractivity contribution is 7.99. The molecule has 6 heteroatoms. The van der Waals surface area contributed by atoms with E-state index in [1.54, 1.807) is 0 Å². The summed E-state index contributed by atoms with van der Waals surface area (Å²) in [5, 5.41) is 11.9. The average molecular weight is 272 g/mol. The number of rotatable bonds is 3. The first kappa shape index (κ1) is 13.5. The lowest BCUT2D eigenvalue weighted by Crippen LogP contribution is -2.47. The van der Waals surface area contributed by atoms with Gasteiger partial charge in [0.1, 0.15) is 6.04 Å². The maximum atomic E-state index is 11.9. The lowest BCUT2D eigenvalue weighted by Gasteiger charge is -2.25. The van der Waals surface area contributed by atoms with Gasteiger partial charge in [0, 0.05) is 13.1 Å². The number of carboxylic acids is 1. The molecule has 0 bridgehead atoms. The molecule has 2 aliphatic heterocycles. The number of carbonyl (C=O) groups excluding carboxylic acids is 1. The number of nitrogens with one attached hydrogen (secondary N) is 1. The largest absolute Gasteiger partial charge is 0.480 e. The van der Waals surface area contributed by atoms with Gasteiger partial charge in [0.05, 0.1) is 0 Å². The highest BCUT2D eigenvalue weighted by Crippen LogP contribution is 2.22. The number of likely N-dealkylation sites (tertiary alicyclic amines) is 1. The van der Waals surface area contributed by atoms with E-state index in [9.17, 15) is 9.59 Å². The number of thioether (sulfide) groups is 1. The Hall–Kier alpha value is -0.910. The summed E-state index contributed by atoms with van der Waals surface area (Å²) in [6.45, 7) is 1.24. The van der Waals surface area contributed by atoms with Crippen molar-refractivity contribution in [2.45, 2.75) is 31.7 Å². The van der Waals surface area contributed by atoms with Crippen LogP contribution in [-0.2, 0) is 4.79 Å². The molecule has 5 nitrogen and oxygen atoms in total. The minimum absolute atomic E-state index is 0.210. The van der Waals surface area contributed by atoms with Crippen LogP contribution >= 0.6 is 11.8 Å². The summed E-state index contributed by atoms with van der Waals surface area (Å²) in [6.07, 6.45) is 3.65. The number of carboxylic acid groups (broad SMARTS) is 1. The number of carbonyl (C=O) groups is 2. The second kappa shape index (κ2) is 6.31. The van der Waals surface area contributed by atoms with Crippen LogP contribution in [0.1, 0.15) is 25.7 Å². The van der Waals surface area contributed by atoms with Gasteiger partial charge < -0.3 is 15.3 Å². The Morgan fingerprint density at radius 2 is 2.00 bits per heavy atom. The number of hydrogen-bond donors (Lipinski definition) is 2. The third-order valence-corrected chi connectivity index (χ3v) is 4.73. The number of aliphatic carboxylic acids is 1. The molecule has 0 unspecified atom stereocenters. The summed E-state index contributed by atoms with van der Waals surface area (Å²) in [5.74, 6) is 2.00. The zero-order valence-corrected chi connectivity index (χ0v) is 11.2. The van der Waals surface area contributed by atoms with E-state index in [1.165, 1.54) is 16.4 Å². The van der Waals surface area contributed by atoms with Gasteiger partial charge in [-0.15, -0.1) is 0 Å². The Morgan fingerprint density at radius 3 is 2.67 bits per heavy atom. The van der Waals surface area contributed by atoms with E-state index >= 15 is 0 Å². The van der Waals surface area contributed by atoms with Crippen molar-refractivity contribution >= 4 is 23.8 Å². The molecule has 2 saturated heterocycles. The van der Waals surface area contributed by atoms with Crippen LogP contribution in [-0.4, -0.2) is 52.6 Å². The van der Waals surface area contributed by atoms with Gasteiger partial charge in [0.2, 0.25) is 0 Å². The minimum Gasteiger partial charge on any atom is -0.480 e. The van der Waals surface area contributed by atoms with Crippen molar-refractivity contribution in [1.82, 2.24) is 10.2 Å². The summed E-state index contributed by atoms with van der Waals surface area (Å²) in [4.78, 5) is 24.4. The van der Waals surface area contributed by atoms with Crippen LogP contribution in [0.4, 0.5) is 4.79 Å². The molecule has 2 amide bonds. The molecular formula is C12H20N2O3S. The standard InChI is InChI=1S/C12H20N2O3S/c15-11(16)10-2-1-5-14(10)12(17)13-8-9-3-6-18-7-4-9/h9-10H,1-8H2,(H,13,17)(H,15,16)/t10-/m1/s1. The van der Waals surface area contributed by atoms with Gasteiger partial charge in [-0.05, 0) is 43.1 Å². The van der Waals surface area contributed by atoms with Crippen molar-refractivity contribution in [3.8, 4) is 0 Å². The van der Waals surface area contributed by atoms with E-state index in [1.807, 2.05) is 11.8 Å². The maximum Gasteiger partial charge on any atom is 0.326 e. The number of hydrogen-bond acceptors (Lipinski definition) is 3. The van der Waals surface area contributed by atoms with E-state index in [0.29, 0.717) is 25.4 Å². The molecule has 2 fully saturated rings. The molecule has 2 aliphatic rings. The molecule has 0 aromatic heterocycles. The van der Waals surface area contributed by atoms with Crippen LogP contribution in [0.15, 0.2) is 0 Å². The van der Waals surface area contributed by atoms with Gasteiger partial charge in [0.25, 0.3) is 0 Å². The lowest BCUT2D eigenvalue weighted by atomic mass is 10.0. The van der Waals surface area contributed by atoms with Gasteiger partial charge in [-0.25, -0.2) is 9.59 Å². The third kappa shape index (κ3) is 3.31. The van der Waals surface area contributed by atoms with Gasteiger partial charge in [0.15, 0.2) is 0 Å². The van der Waals surface area contributed by atoms with E-state index in [0.717, 1.165) is 19.3 Å². The van der Waals surface area contributed by atoms with Gasteiger partial charge in [-0.3, -0.25) is 0 Å². The van der Waals surface area contributed by atoms with Crippen molar-refractivity contribution in [3.05, 3.63) is 0 Å². The first-order valence-electron chi connectivity index (χ1n) is 6.53. The van der Waals surface area contributed by atoms with Crippen molar-refractivity contribution in [2.75, 3.05) is 24.6 Å². The molecule has 2 N–H and O–H groups in total. The molecule has 2 heterocycles. The first-order valence-corrected chi connectivity index (χ1v) is 7.69. The molecule has 1 atom stereocenters. The molecule has 0 spiro atoms. The van der Waals surface area contributed by atoms with E-state index in [-0.39, 0.29) is 6.03 Å². The van der Waals surface area contributed by atoms with Crippen molar-refractivity contribution in [3.63, 3.8) is 0 Å². The molecule has 0 aliphatic carbocycles. The molecule has 0 aromatic carbocycles. The monoisotopic (exact) mass is 272 g/mol. The molecule has 2 rings (SSSR count). The number of amides is 2. The Kier molecular flexibility index (Phi) is 4.74. The van der Waals surface area contributed by atoms with Crippen molar-refractivity contribution < 1.29 is 14.7 Å². The SMILES string of the molecule is O=C(O)[C@H]1CCCN1C(=O)NCC1CCSCC1. The fourth-order valence-electron chi connectivity index (χ4n) is 2.55. The van der Waals surface area contributed by atoms with Crippen LogP contribution in [0.3, 0.4) is 0 Å². The Bertz CT molecular complexity index is 318. The zero-order chi connectivity index (χ0) is 13.0. The van der Waals surface area contributed by atoms with Crippen LogP contribution in [0.2, 0.25) is 0 Å². The van der Waals surface area contributed by atoms with Crippen LogP contribution < -0.4 is 5.32 Å². The molecule has 18 heavy (non-hydrogen) atoms. The normalized spacial score (nSPS) is 25.1. The topological polar surface area (TPSA) is 69.6 Å². The van der Waals surface area contributed by atoms with E-state index in [2.05, 4.69) is 5.32 Å². The minimum atomic E-state index is -0.892. The second-order valence-corrected chi connectivity index (χ2v) is 6.16. The van der Waals surface area contributed by atoms with Crippen LogP contribution in [0, 0.1) is 5.92 Å². The number of nitrogens with zero attached hydrogens (tertiary/aromatic N) is 1. The quantitative estimate of drug-likeness (QED) is 0.814. The Labute approximate surface area is 111 Å². The summed E-state index contributed by atoms with van der Waals surface area (Å²) in [6, 6.07) is -0.843. The van der Waals surface area contributed by atoms with Crippen molar-refractivity contribution in [1.29, 1.82) is 0 Å². The fraction of sp³-hybridized carbons (Fsp3) is 0.833. The maximum absolute atomic E-state index is 11.9. The van der Waals surface area contributed by atoms with Crippen molar-refractivity contribution in [2.24, 2.45) is 5.92 Å². The van der Waals surface area contributed by atoms with Crippen LogP contribution in [0.5, 0.6) is 0 Å². The highest BCUT2D eigenvalue weighted by atomic mass is 32.2. The summed E-state index contributed by atoms with van der Waals surface area (Å²) in [5.41, 5.74) is 0. The highest BCUT2D eigenvalue weighted by Gasteiger charge is 2.34. The summed E-state index contributed by atoms with van der Waals surface area (Å²) >= 11 is 1.96. The molecular weight excluding hydrogens is 252 g/mol. The molecule has 0 radical (unpaired) electrons. The predicted molar refractivity (Wildman–Crippen MR) is 70.8 cm³/mol. The summed E-state index contributed by atoms with van der Waals surface area (Å²) < 4.78 is 0. The fourth-order valence-corrected chi connectivity index (χ4v) is 3.75. The first-order chi connectivity index (χ1) is 8.68. The van der Waals surface area contributed by atoms with Gasteiger partial charge >= 0.3 is 12.0 Å². The Morgan fingerprint density at radius 1 is 1.28 bits per heavy atom. The third-order valence-electron chi connectivity index (χ3n) is 3.68. The number of urea groups is 1. The summed E-state index contributed by atoms with van der Waals surface area (Å²) in [7, 11) is 0. The molecule has 0 saturated carbocycles. The Balaban J connectivity index is 1.78. The molecule has 0 aromatic rings. The molecule has 102 valence electrons. The average Bonchev–Trinajstić information content (AvgIpc) is 2.86. The van der Waals surface area contributed by atoms with Gasteiger partial charge in [-0.1, -0.05) is 0 Å². The lowest BCUT2D eigenvalue weighted by molar-refractivity contribution is -0.141. The van der Waals surface area contributed by atoms with Gasteiger partial charge in [-0.2, -0.15) is 11.8 Å². The van der Waals surface area contributed by atoms with E-state index < -0.39 is 12.0 Å². The second-order valence-electron chi connectivity index (χ2n) is 4.93. The van der Waals surface area contributed by atoms with Crippen LogP contribution in [0.25, 0.3) is 0 Å². The predicted octanol–water partition coefficient (Wildman–Crippen LogP) is 1.39.